The Kier molecular flexibility index (Phi) is 12.2. The van der Waals surface area contributed by atoms with E-state index in [0.717, 1.165) is 24.8 Å². The minimum Gasteiger partial charge on any atom is -0.353 e. The molecule has 1 aromatic rings. The Balaban J connectivity index is 1.73. The van der Waals surface area contributed by atoms with Crippen molar-refractivity contribution >= 4 is 17.6 Å². The summed E-state index contributed by atoms with van der Waals surface area (Å²) >= 11 is 0. The van der Waals surface area contributed by atoms with Crippen molar-refractivity contribution in [1.29, 1.82) is 0 Å². The van der Waals surface area contributed by atoms with Crippen LogP contribution in [0.3, 0.4) is 0 Å². The van der Waals surface area contributed by atoms with Gasteiger partial charge in [0.15, 0.2) is 5.78 Å². The molecule has 0 radical (unpaired) electrons. The molecule has 0 spiro atoms. The average Bonchev–Trinajstić information content (AvgIpc) is 3.42. The summed E-state index contributed by atoms with van der Waals surface area (Å²) in [7, 11) is 0. The van der Waals surface area contributed by atoms with Crippen molar-refractivity contribution < 1.29 is 19.6 Å². The Morgan fingerprint density at radius 1 is 1.02 bits per heavy atom. The minimum atomic E-state index is -0.489. The van der Waals surface area contributed by atoms with Gasteiger partial charge in [0.2, 0.25) is 11.8 Å². The van der Waals surface area contributed by atoms with E-state index in [1.807, 2.05) is 59.7 Å². The quantitative estimate of drug-likeness (QED) is 0.251. The molecule has 4 atom stereocenters. The van der Waals surface area contributed by atoms with Crippen LogP contribution in [0.4, 0.5) is 0 Å². The van der Waals surface area contributed by atoms with Crippen molar-refractivity contribution in [1.82, 2.24) is 15.3 Å². The van der Waals surface area contributed by atoms with Gasteiger partial charge in [-0.05, 0) is 83.6 Å². The van der Waals surface area contributed by atoms with Gasteiger partial charge in [0.25, 0.3) is 0 Å². The van der Waals surface area contributed by atoms with E-state index in [1.54, 1.807) is 4.90 Å². The Hall–Kier alpha value is -2.51. The fraction of sp³-hybridized carbons (Fsp3) is 0.694. The number of nitrogens with one attached hydrogen (secondary N) is 1. The van der Waals surface area contributed by atoms with Crippen LogP contribution in [0.25, 0.3) is 0 Å². The van der Waals surface area contributed by atoms with E-state index in [-0.39, 0.29) is 41.9 Å². The van der Waals surface area contributed by atoms with Gasteiger partial charge in [-0.1, -0.05) is 76.6 Å². The molecule has 2 saturated heterocycles. The number of piperidine rings is 1. The van der Waals surface area contributed by atoms with Gasteiger partial charge in [-0.3, -0.25) is 14.4 Å². The van der Waals surface area contributed by atoms with E-state index < -0.39 is 23.0 Å². The number of hydrogen-bond donors (Lipinski definition) is 2. The fourth-order valence-electron chi connectivity index (χ4n) is 7.22. The first kappa shape index (κ1) is 35.0. The highest BCUT2D eigenvalue weighted by atomic mass is 16.5. The van der Waals surface area contributed by atoms with Crippen LogP contribution in [-0.2, 0) is 20.8 Å². The van der Waals surface area contributed by atoms with E-state index >= 15 is 0 Å². The molecule has 2 N–H and O–H groups in total. The fourth-order valence-corrected chi connectivity index (χ4v) is 7.22. The lowest BCUT2D eigenvalue weighted by molar-refractivity contribution is -0.246. The zero-order valence-corrected chi connectivity index (χ0v) is 27.9. The normalized spacial score (nSPS) is 22.9. The molecule has 0 unspecified atom stereocenters. The Morgan fingerprint density at radius 3 is 2.23 bits per heavy atom. The van der Waals surface area contributed by atoms with Gasteiger partial charge < -0.3 is 15.4 Å². The molecule has 0 aromatic heterocycles. The van der Waals surface area contributed by atoms with Gasteiger partial charge in [0, 0.05) is 36.0 Å². The maximum atomic E-state index is 14.0. The van der Waals surface area contributed by atoms with Crippen molar-refractivity contribution in [2.24, 2.45) is 23.7 Å². The number of carbonyl (C=O) groups excluding carboxylic acids is 3. The molecular weight excluding hydrogens is 538 g/mol. The highest BCUT2D eigenvalue weighted by Gasteiger charge is 2.46. The third-order valence-corrected chi connectivity index (χ3v) is 9.49. The maximum absolute atomic E-state index is 14.0. The number of Topliss-reactive ketones (excluding diaryl/α,β-unsaturated/α-hetero) is 1. The van der Waals surface area contributed by atoms with Gasteiger partial charge in [-0.2, -0.15) is 5.06 Å². The van der Waals surface area contributed by atoms with Crippen molar-refractivity contribution in [2.45, 2.75) is 130 Å². The molecule has 7 nitrogen and oxygen atoms in total. The molecular formula is C36H57N3O4. The van der Waals surface area contributed by atoms with Gasteiger partial charge in [-0.25, -0.2) is 0 Å². The Bertz CT molecular complexity index is 1090. The number of hydroxylamine groups is 2. The monoisotopic (exact) mass is 595 g/mol. The number of nitrogens with zero attached hydrogens (tertiary/aromatic N) is 2. The van der Waals surface area contributed by atoms with Gasteiger partial charge in [0.05, 0.1) is 12.0 Å². The molecule has 240 valence electrons. The van der Waals surface area contributed by atoms with Crippen molar-refractivity contribution in [3.8, 4) is 0 Å². The van der Waals surface area contributed by atoms with E-state index in [4.69, 9.17) is 0 Å². The van der Waals surface area contributed by atoms with Crippen LogP contribution in [-0.4, -0.2) is 62.5 Å². The molecule has 2 amide bonds. The number of ketones is 1. The lowest BCUT2D eigenvalue weighted by atomic mass is 9.78. The lowest BCUT2D eigenvalue weighted by Crippen LogP contribution is -2.63. The van der Waals surface area contributed by atoms with Crippen LogP contribution in [0.15, 0.2) is 42.5 Å². The molecule has 43 heavy (non-hydrogen) atoms. The summed E-state index contributed by atoms with van der Waals surface area (Å²) in [5, 5.41) is 15.3. The first-order valence-electron chi connectivity index (χ1n) is 16.5. The highest BCUT2D eigenvalue weighted by Crippen LogP contribution is 2.37. The summed E-state index contributed by atoms with van der Waals surface area (Å²) in [6.45, 7) is 16.8. The molecule has 0 saturated carbocycles. The molecule has 2 aliphatic rings. The number of hydrogen-bond acceptors (Lipinski definition) is 5. The van der Waals surface area contributed by atoms with E-state index in [0.29, 0.717) is 38.1 Å². The topological polar surface area (TPSA) is 90.0 Å². The summed E-state index contributed by atoms with van der Waals surface area (Å²) in [4.78, 5) is 43.2. The average molecular weight is 596 g/mol. The SMILES string of the molecule is CCC[C@H](C)/C=C/[C@H](Cc1ccccc1)C(=O)N1CCC[C@H]1C(=O)C[C@@H](C(=O)NC1CC(C)(C)N(O)C(C)(C)C1)C(C)C. The Labute approximate surface area is 260 Å². The van der Waals surface area contributed by atoms with Crippen LogP contribution in [0, 0.1) is 23.7 Å². The molecule has 2 heterocycles. The molecule has 3 rings (SSSR count). The van der Waals surface area contributed by atoms with Crippen LogP contribution in [0.5, 0.6) is 0 Å². The predicted molar refractivity (Wildman–Crippen MR) is 172 cm³/mol. The molecule has 0 bridgehead atoms. The molecule has 7 heteroatoms. The lowest BCUT2D eigenvalue weighted by Gasteiger charge is -2.51. The second-order valence-corrected chi connectivity index (χ2v) is 14.7. The third kappa shape index (κ3) is 9.24. The molecule has 0 aliphatic carbocycles. The standard InChI is InChI=1S/C36H57N3O4/c1-9-14-26(4)18-19-28(21-27-15-11-10-12-16-27)34(42)38-20-13-17-31(38)32(40)22-30(25(2)3)33(41)37-29-23-35(5,6)39(43)36(7,8)24-29/h10-12,15-16,18-19,25-26,28-31,43H,9,13-14,17,20-24H2,1-8H3,(H,37,41)/b19-18+/t26-,28+,30+,31-/m0/s1. The van der Waals surface area contributed by atoms with Crippen LogP contribution >= 0.6 is 0 Å². The smallest absolute Gasteiger partial charge is 0.230 e. The summed E-state index contributed by atoms with van der Waals surface area (Å²) in [5.74, 6) is -0.572. The second kappa shape index (κ2) is 15.0. The zero-order valence-electron chi connectivity index (χ0n) is 27.9. The highest BCUT2D eigenvalue weighted by molar-refractivity contribution is 5.93. The van der Waals surface area contributed by atoms with Gasteiger partial charge >= 0.3 is 0 Å². The number of likely N-dealkylation sites (tertiary alicyclic amines) is 1. The molecule has 2 aliphatic heterocycles. The van der Waals surface area contributed by atoms with Crippen LogP contribution in [0.1, 0.15) is 106 Å². The summed E-state index contributed by atoms with van der Waals surface area (Å²) in [5.41, 5.74) is 0.143. The number of rotatable bonds is 13. The van der Waals surface area contributed by atoms with E-state index in [1.165, 1.54) is 5.06 Å². The number of benzene rings is 1. The van der Waals surface area contributed by atoms with Crippen LogP contribution < -0.4 is 5.32 Å². The largest absolute Gasteiger partial charge is 0.353 e. The summed E-state index contributed by atoms with van der Waals surface area (Å²) in [6.07, 6.45) is 9.77. The van der Waals surface area contributed by atoms with Crippen molar-refractivity contribution in [3.05, 3.63) is 48.0 Å². The predicted octanol–water partition coefficient (Wildman–Crippen LogP) is 6.59. The number of carbonyl (C=O) groups is 3. The van der Waals surface area contributed by atoms with Gasteiger partial charge in [-0.15, -0.1) is 0 Å². The maximum Gasteiger partial charge on any atom is 0.230 e. The van der Waals surface area contributed by atoms with E-state index in [9.17, 15) is 19.6 Å². The van der Waals surface area contributed by atoms with Crippen molar-refractivity contribution in [3.63, 3.8) is 0 Å². The summed E-state index contributed by atoms with van der Waals surface area (Å²) in [6, 6.07) is 9.49. The van der Waals surface area contributed by atoms with Crippen LogP contribution in [0.2, 0.25) is 0 Å². The first-order valence-corrected chi connectivity index (χ1v) is 16.5. The number of allylic oxidation sites excluding steroid dienone is 1. The Morgan fingerprint density at radius 2 is 1.65 bits per heavy atom. The van der Waals surface area contributed by atoms with Crippen molar-refractivity contribution in [2.75, 3.05) is 6.54 Å². The van der Waals surface area contributed by atoms with E-state index in [2.05, 4.69) is 43.4 Å². The zero-order chi connectivity index (χ0) is 31.9. The third-order valence-electron chi connectivity index (χ3n) is 9.49. The minimum absolute atomic E-state index is 0.00502. The molecule has 2 fully saturated rings. The number of amides is 2. The second-order valence-electron chi connectivity index (χ2n) is 14.7. The van der Waals surface area contributed by atoms with Gasteiger partial charge in [0.1, 0.15) is 0 Å². The first-order chi connectivity index (χ1) is 20.2. The molecule has 1 aromatic carbocycles. The summed E-state index contributed by atoms with van der Waals surface area (Å²) < 4.78 is 0.